The van der Waals surface area contributed by atoms with Gasteiger partial charge in [0, 0.05) is 0 Å². The highest BCUT2D eigenvalue weighted by Gasteiger charge is 2.35. The van der Waals surface area contributed by atoms with Gasteiger partial charge in [-0.2, -0.15) is 0 Å². The van der Waals surface area contributed by atoms with Gasteiger partial charge in [-0.05, 0) is 37.2 Å². The number of carbonyl (C=O) groups excluding carboxylic acids is 2. The molecule has 1 aliphatic rings. The first-order valence-corrected chi connectivity index (χ1v) is 8.10. The number of thioether (sulfide) groups is 1. The molecule has 0 radical (unpaired) electrons. The van der Waals surface area contributed by atoms with E-state index in [2.05, 4.69) is 0 Å². The Labute approximate surface area is 133 Å². The smallest absolute Gasteiger partial charge is 0.262 e. The lowest BCUT2D eigenvalue weighted by Gasteiger charge is -2.19. The van der Waals surface area contributed by atoms with Crippen molar-refractivity contribution in [3.63, 3.8) is 0 Å². The molecule has 4 nitrogen and oxygen atoms in total. The Morgan fingerprint density at radius 1 is 1.19 bits per heavy atom. The fourth-order valence-corrected chi connectivity index (χ4v) is 2.79. The monoisotopic (exact) mass is 323 g/mol. The molecule has 0 spiro atoms. The number of nitrogens with zero attached hydrogens (tertiary/aromatic N) is 1. The van der Waals surface area contributed by atoms with Crippen molar-refractivity contribution in [2.45, 2.75) is 26.9 Å². The van der Waals surface area contributed by atoms with Gasteiger partial charge >= 0.3 is 0 Å². The number of imide groups is 1. The largest absolute Gasteiger partial charge is 0.475 e. The average Bonchev–Trinajstić information content (AvgIpc) is 2.69. The second-order valence-corrected chi connectivity index (χ2v) is 6.72. The third kappa shape index (κ3) is 3.44. The Morgan fingerprint density at radius 2 is 1.71 bits per heavy atom. The summed E-state index contributed by atoms with van der Waals surface area (Å²) in [5.41, 5.74) is 0.899. The zero-order valence-corrected chi connectivity index (χ0v) is 13.8. The average molecular weight is 323 g/mol. The van der Waals surface area contributed by atoms with Crippen molar-refractivity contribution in [2.75, 3.05) is 5.88 Å². The van der Waals surface area contributed by atoms with E-state index in [1.165, 1.54) is 16.7 Å². The zero-order chi connectivity index (χ0) is 15.6. The maximum Gasteiger partial charge on any atom is 0.262 e. The number of hydrogen-bond donors (Lipinski definition) is 0. The number of carbonyl (C=O) groups is 2. The molecule has 2 amide bonds. The molecule has 0 fully saturated rings. The van der Waals surface area contributed by atoms with E-state index in [9.17, 15) is 9.59 Å². The van der Waals surface area contributed by atoms with Crippen LogP contribution in [-0.4, -0.2) is 33.1 Å². The SMILES string of the molecule is CC(C)C(C)OC(=S)SCN1C(=O)c2ccccc2C1=O. The highest BCUT2D eigenvalue weighted by atomic mass is 32.2. The normalized spacial score (nSPS) is 15.3. The van der Waals surface area contributed by atoms with Gasteiger partial charge < -0.3 is 4.74 Å². The molecule has 1 aromatic carbocycles. The predicted octanol–water partition coefficient (Wildman–Crippen LogP) is 3.32. The minimum Gasteiger partial charge on any atom is -0.475 e. The van der Waals surface area contributed by atoms with Crippen molar-refractivity contribution in [1.82, 2.24) is 4.90 Å². The first-order valence-electron chi connectivity index (χ1n) is 6.70. The molecule has 0 saturated carbocycles. The van der Waals surface area contributed by atoms with Crippen molar-refractivity contribution in [2.24, 2.45) is 5.92 Å². The van der Waals surface area contributed by atoms with Crippen molar-refractivity contribution in [3.8, 4) is 0 Å². The predicted molar refractivity (Wildman–Crippen MR) is 87.4 cm³/mol. The van der Waals surface area contributed by atoms with E-state index in [1.807, 2.05) is 20.8 Å². The third-order valence-electron chi connectivity index (χ3n) is 3.41. The van der Waals surface area contributed by atoms with Gasteiger partial charge in [0.1, 0.15) is 0 Å². The Balaban J connectivity index is 1.95. The minimum absolute atomic E-state index is 0.00665. The fourth-order valence-electron chi connectivity index (χ4n) is 1.80. The van der Waals surface area contributed by atoms with E-state index < -0.39 is 0 Å². The van der Waals surface area contributed by atoms with Gasteiger partial charge in [0.15, 0.2) is 0 Å². The molecule has 6 heteroatoms. The van der Waals surface area contributed by atoms with Gasteiger partial charge in [-0.15, -0.1) is 0 Å². The standard InChI is InChI=1S/C15H17NO3S2/c1-9(2)10(3)19-15(20)21-8-16-13(17)11-6-4-5-7-12(11)14(16)18/h4-7,9-10H,8H2,1-3H3. The van der Waals surface area contributed by atoms with Gasteiger partial charge in [-0.25, -0.2) is 0 Å². The Hall–Kier alpha value is -1.40. The van der Waals surface area contributed by atoms with Gasteiger partial charge in [0.25, 0.3) is 11.8 Å². The molecule has 1 aliphatic heterocycles. The van der Waals surface area contributed by atoms with Gasteiger partial charge in [-0.1, -0.05) is 37.7 Å². The van der Waals surface area contributed by atoms with Crippen LogP contribution < -0.4 is 0 Å². The molecule has 21 heavy (non-hydrogen) atoms. The van der Waals surface area contributed by atoms with Crippen molar-refractivity contribution >= 4 is 40.2 Å². The van der Waals surface area contributed by atoms with Gasteiger partial charge in [0.2, 0.25) is 4.38 Å². The summed E-state index contributed by atoms with van der Waals surface area (Å²) in [5.74, 6) is -0.0239. The maximum atomic E-state index is 12.2. The minimum atomic E-state index is -0.275. The van der Waals surface area contributed by atoms with Gasteiger partial charge in [0.05, 0.1) is 23.1 Å². The van der Waals surface area contributed by atoms with Crippen LogP contribution >= 0.6 is 24.0 Å². The summed E-state index contributed by atoms with van der Waals surface area (Å²) in [7, 11) is 0. The second kappa shape index (κ2) is 6.58. The quantitative estimate of drug-likeness (QED) is 0.628. The Kier molecular flexibility index (Phi) is 5.00. The molecular weight excluding hydrogens is 306 g/mol. The van der Waals surface area contributed by atoms with Crippen molar-refractivity contribution in [1.29, 1.82) is 0 Å². The van der Waals surface area contributed by atoms with E-state index in [0.29, 0.717) is 21.4 Å². The molecule has 112 valence electrons. The molecular formula is C15H17NO3S2. The number of fused-ring (bicyclic) bond motifs is 1. The molecule has 0 aromatic heterocycles. The molecule has 0 bridgehead atoms. The van der Waals surface area contributed by atoms with E-state index in [4.69, 9.17) is 17.0 Å². The summed E-state index contributed by atoms with van der Waals surface area (Å²) in [6.45, 7) is 6.03. The van der Waals surface area contributed by atoms with Crippen LogP contribution in [0.25, 0.3) is 0 Å². The number of rotatable bonds is 4. The van der Waals surface area contributed by atoms with Crippen LogP contribution in [-0.2, 0) is 4.74 Å². The van der Waals surface area contributed by atoms with E-state index in [-0.39, 0.29) is 23.8 Å². The van der Waals surface area contributed by atoms with Crippen LogP contribution in [0.1, 0.15) is 41.5 Å². The summed E-state index contributed by atoms with van der Waals surface area (Å²) < 4.78 is 5.92. The van der Waals surface area contributed by atoms with Crippen LogP contribution in [0.2, 0.25) is 0 Å². The summed E-state index contributed by atoms with van der Waals surface area (Å²) in [5, 5.41) is 0. The summed E-state index contributed by atoms with van der Waals surface area (Å²) >= 11 is 6.33. The van der Waals surface area contributed by atoms with E-state index >= 15 is 0 Å². The number of hydrogen-bond acceptors (Lipinski definition) is 5. The number of ether oxygens (including phenoxy) is 1. The molecule has 0 saturated heterocycles. The Bertz CT molecular complexity index is 551. The van der Waals surface area contributed by atoms with Crippen molar-refractivity contribution in [3.05, 3.63) is 35.4 Å². The molecule has 2 rings (SSSR count). The third-order valence-corrected chi connectivity index (χ3v) is 4.58. The summed E-state index contributed by atoms with van der Waals surface area (Å²) in [6.07, 6.45) is 0.00665. The zero-order valence-electron chi connectivity index (χ0n) is 12.2. The first kappa shape index (κ1) is 16.0. The van der Waals surface area contributed by atoms with Crippen LogP contribution in [0.5, 0.6) is 0 Å². The van der Waals surface area contributed by atoms with Crippen LogP contribution in [0, 0.1) is 5.92 Å². The summed E-state index contributed by atoms with van der Waals surface area (Å²) in [4.78, 5) is 25.5. The lowest BCUT2D eigenvalue weighted by molar-refractivity contribution is 0.0684. The molecule has 1 heterocycles. The lowest BCUT2D eigenvalue weighted by atomic mass is 10.1. The summed E-state index contributed by atoms with van der Waals surface area (Å²) in [6, 6.07) is 6.82. The van der Waals surface area contributed by atoms with Crippen molar-refractivity contribution < 1.29 is 14.3 Å². The van der Waals surface area contributed by atoms with Gasteiger partial charge in [-0.3, -0.25) is 14.5 Å². The highest BCUT2D eigenvalue weighted by Crippen LogP contribution is 2.25. The number of amides is 2. The van der Waals surface area contributed by atoms with Crippen LogP contribution in [0.15, 0.2) is 24.3 Å². The molecule has 1 aromatic rings. The molecule has 0 N–H and O–H groups in total. The van der Waals surface area contributed by atoms with E-state index in [1.54, 1.807) is 24.3 Å². The lowest BCUT2D eigenvalue weighted by Crippen LogP contribution is -2.30. The molecule has 1 unspecified atom stereocenters. The van der Waals surface area contributed by atoms with E-state index in [0.717, 1.165) is 0 Å². The molecule has 0 aliphatic carbocycles. The second-order valence-electron chi connectivity index (χ2n) is 5.17. The van der Waals surface area contributed by atoms with Crippen LogP contribution in [0.3, 0.4) is 0 Å². The topological polar surface area (TPSA) is 46.6 Å². The number of benzene rings is 1. The number of thiocarbonyl (C=S) groups is 1. The highest BCUT2D eigenvalue weighted by molar-refractivity contribution is 8.22. The fraction of sp³-hybridized carbons (Fsp3) is 0.400. The van der Waals surface area contributed by atoms with Crippen LogP contribution in [0.4, 0.5) is 0 Å². The maximum absolute atomic E-state index is 12.2. The molecule has 1 atom stereocenters. The first-order chi connectivity index (χ1) is 9.91. The Morgan fingerprint density at radius 3 is 2.19 bits per heavy atom.